The van der Waals surface area contributed by atoms with Gasteiger partial charge in [-0.2, -0.15) is 13.2 Å². The third-order valence-electron chi connectivity index (χ3n) is 3.32. The maximum atomic E-state index is 12.4. The largest absolute Gasteiger partial charge is 0.416 e. The lowest BCUT2D eigenvalue weighted by Crippen LogP contribution is -2.30. The highest BCUT2D eigenvalue weighted by molar-refractivity contribution is 6.18. The van der Waals surface area contributed by atoms with Crippen LogP contribution in [-0.2, 0) is 22.3 Å². The Morgan fingerprint density at radius 2 is 1.40 bits per heavy atom. The fraction of sp³-hybridized carbons (Fsp3) is 0.286. The first-order chi connectivity index (χ1) is 9.21. The molecule has 6 heteroatoms. The molecular formula is C14H12F3NO2. The zero-order chi connectivity index (χ0) is 15.1. The van der Waals surface area contributed by atoms with Crippen molar-refractivity contribution in [2.75, 3.05) is 0 Å². The molecule has 0 bridgehead atoms. The van der Waals surface area contributed by atoms with E-state index in [4.69, 9.17) is 0 Å². The van der Waals surface area contributed by atoms with Gasteiger partial charge in [0.1, 0.15) is 0 Å². The van der Waals surface area contributed by atoms with Crippen molar-refractivity contribution in [3.8, 4) is 0 Å². The Labute approximate surface area is 113 Å². The number of hydrogen-bond donors (Lipinski definition) is 0. The predicted molar refractivity (Wildman–Crippen MR) is 65.4 cm³/mol. The second-order valence-corrected chi connectivity index (χ2v) is 4.64. The molecule has 0 atom stereocenters. The number of halogens is 3. The molecule has 0 aromatic heterocycles. The quantitative estimate of drug-likeness (QED) is 0.783. The highest BCUT2D eigenvalue weighted by Crippen LogP contribution is 2.29. The van der Waals surface area contributed by atoms with Crippen molar-refractivity contribution in [3.63, 3.8) is 0 Å². The Kier molecular flexibility index (Phi) is 3.41. The molecule has 0 N–H and O–H groups in total. The Morgan fingerprint density at radius 3 is 1.80 bits per heavy atom. The van der Waals surface area contributed by atoms with Crippen molar-refractivity contribution in [2.45, 2.75) is 26.6 Å². The van der Waals surface area contributed by atoms with Crippen LogP contribution in [0.25, 0.3) is 0 Å². The van der Waals surface area contributed by atoms with Crippen molar-refractivity contribution in [2.24, 2.45) is 0 Å². The van der Waals surface area contributed by atoms with E-state index in [1.165, 1.54) is 12.1 Å². The topological polar surface area (TPSA) is 37.4 Å². The number of hydrogen-bond acceptors (Lipinski definition) is 2. The van der Waals surface area contributed by atoms with Gasteiger partial charge in [0.25, 0.3) is 11.8 Å². The van der Waals surface area contributed by atoms with E-state index in [1.807, 2.05) is 0 Å². The zero-order valence-corrected chi connectivity index (χ0v) is 10.9. The lowest BCUT2D eigenvalue weighted by molar-refractivity contribution is -0.139. The molecule has 0 saturated carbocycles. The van der Waals surface area contributed by atoms with Gasteiger partial charge in [-0.25, -0.2) is 0 Å². The lowest BCUT2D eigenvalue weighted by Gasteiger charge is -2.15. The molecule has 1 aromatic rings. The van der Waals surface area contributed by atoms with Gasteiger partial charge in [-0.1, -0.05) is 12.1 Å². The molecule has 0 fully saturated rings. The second kappa shape index (κ2) is 4.77. The molecule has 106 valence electrons. The fourth-order valence-electron chi connectivity index (χ4n) is 1.94. The van der Waals surface area contributed by atoms with E-state index in [2.05, 4.69) is 0 Å². The number of alkyl halides is 3. The minimum absolute atomic E-state index is 0.0233. The van der Waals surface area contributed by atoms with Crippen molar-refractivity contribution >= 4 is 11.8 Å². The first-order valence-electron chi connectivity index (χ1n) is 5.91. The Hall–Kier alpha value is -2.11. The summed E-state index contributed by atoms with van der Waals surface area (Å²) >= 11 is 0. The fourth-order valence-corrected chi connectivity index (χ4v) is 1.94. The third kappa shape index (κ3) is 2.45. The minimum Gasteiger partial charge on any atom is -0.270 e. The second-order valence-electron chi connectivity index (χ2n) is 4.64. The van der Waals surface area contributed by atoms with Crippen LogP contribution in [-0.4, -0.2) is 16.7 Å². The van der Waals surface area contributed by atoms with Crippen molar-refractivity contribution in [3.05, 3.63) is 46.5 Å². The molecule has 0 aliphatic carbocycles. The van der Waals surface area contributed by atoms with Crippen LogP contribution in [0.4, 0.5) is 13.2 Å². The number of imide groups is 1. The third-order valence-corrected chi connectivity index (χ3v) is 3.32. The van der Waals surface area contributed by atoms with Crippen molar-refractivity contribution < 1.29 is 22.8 Å². The summed E-state index contributed by atoms with van der Waals surface area (Å²) in [6, 6.07) is 4.42. The smallest absolute Gasteiger partial charge is 0.270 e. The molecule has 0 saturated heterocycles. The molecule has 2 rings (SSSR count). The summed E-state index contributed by atoms with van der Waals surface area (Å²) in [5, 5.41) is 0. The van der Waals surface area contributed by atoms with Gasteiger partial charge in [-0.05, 0) is 31.5 Å². The Morgan fingerprint density at radius 1 is 0.950 bits per heavy atom. The van der Waals surface area contributed by atoms with Crippen molar-refractivity contribution in [1.82, 2.24) is 4.90 Å². The number of amides is 2. The molecular weight excluding hydrogens is 271 g/mol. The normalized spacial score (nSPS) is 16.4. The summed E-state index contributed by atoms with van der Waals surface area (Å²) < 4.78 is 37.3. The number of carbonyl (C=O) groups is 2. The summed E-state index contributed by atoms with van der Waals surface area (Å²) in [5.41, 5.74) is 0.469. The average molecular weight is 283 g/mol. The van der Waals surface area contributed by atoms with E-state index < -0.39 is 23.6 Å². The van der Waals surface area contributed by atoms with Gasteiger partial charge < -0.3 is 0 Å². The minimum atomic E-state index is -4.40. The lowest BCUT2D eigenvalue weighted by atomic mass is 10.1. The van der Waals surface area contributed by atoms with Crippen LogP contribution in [0, 0.1) is 0 Å². The molecule has 20 heavy (non-hydrogen) atoms. The Balaban J connectivity index is 2.17. The van der Waals surface area contributed by atoms with Crippen LogP contribution in [0.3, 0.4) is 0 Å². The van der Waals surface area contributed by atoms with Gasteiger partial charge in [-0.15, -0.1) is 0 Å². The van der Waals surface area contributed by atoms with Crippen molar-refractivity contribution in [1.29, 1.82) is 0 Å². The van der Waals surface area contributed by atoms with E-state index in [1.54, 1.807) is 13.8 Å². The summed E-state index contributed by atoms with van der Waals surface area (Å²) in [6.45, 7) is 3.09. The number of nitrogens with zero attached hydrogens (tertiary/aromatic N) is 1. The van der Waals surface area contributed by atoms with E-state index in [0.29, 0.717) is 16.7 Å². The van der Waals surface area contributed by atoms with Crippen LogP contribution < -0.4 is 0 Å². The molecule has 1 heterocycles. The van der Waals surface area contributed by atoms with E-state index in [-0.39, 0.29) is 6.54 Å². The summed E-state index contributed by atoms with van der Waals surface area (Å²) in [4.78, 5) is 24.7. The van der Waals surface area contributed by atoms with Crippen LogP contribution in [0.2, 0.25) is 0 Å². The molecule has 0 unspecified atom stereocenters. The van der Waals surface area contributed by atoms with E-state index in [0.717, 1.165) is 17.0 Å². The van der Waals surface area contributed by atoms with Gasteiger partial charge >= 0.3 is 6.18 Å². The maximum Gasteiger partial charge on any atom is 0.416 e. The molecule has 1 aliphatic rings. The highest BCUT2D eigenvalue weighted by atomic mass is 19.4. The monoisotopic (exact) mass is 283 g/mol. The average Bonchev–Trinajstić information content (AvgIpc) is 2.56. The van der Waals surface area contributed by atoms with Gasteiger partial charge in [0.2, 0.25) is 0 Å². The van der Waals surface area contributed by atoms with Crippen LogP contribution >= 0.6 is 0 Å². The maximum absolute atomic E-state index is 12.4. The number of carbonyl (C=O) groups excluding carboxylic acids is 2. The van der Waals surface area contributed by atoms with Crippen LogP contribution in [0.1, 0.15) is 25.0 Å². The SMILES string of the molecule is CC1=C(C)C(=O)N(Cc2ccc(C(F)(F)F)cc2)C1=O. The van der Waals surface area contributed by atoms with Crippen LogP contribution in [0.15, 0.2) is 35.4 Å². The van der Waals surface area contributed by atoms with Gasteiger partial charge in [-0.3, -0.25) is 14.5 Å². The summed E-state index contributed by atoms with van der Waals surface area (Å²) in [5.74, 6) is -0.792. The predicted octanol–water partition coefficient (Wildman–Crippen LogP) is 2.91. The molecule has 0 radical (unpaired) electrons. The molecule has 1 aromatic carbocycles. The molecule has 1 aliphatic heterocycles. The molecule has 0 spiro atoms. The first kappa shape index (κ1) is 14.3. The number of benzene rings is 1. The highest BCUT2D eigenvalue weighted by Gasteiger charge is 2.33. The summed E-state index contributed by atoms with van der Waals surface area (Å²) in [7, 11) is 0. The number of rotatable bonds is 2. The van der Waals surface area contributed by atoms with Gasteiger partial charge in [0.05, 0.1) is 12.1 Å². The Bertz CT molecular complexity index is 576. The zero-order valence-electron chi connectivity index (χ0n) is 10.9. The van der Waals surface area contributed by atoms with Crippen LogP contribution in [0.5, 0.6) is 0 Å². The first-order valence-corrected chi connectivity index (χ1v) is 5.91. The van der Waals surface area contributed by atoms with E-state index >= 15 is 0 Å². The molecule has 3 nitrogen and oxygen atoms in total. The standard InChI is InChI=1S/C14H12F3NO2/c1-8-9(2)13(20)18(12(8)19)7-10-3-5-11(6-4-10)14(15,16)17/h3-6H,7H2,1-2H3. The molecule has 2 amide bonds. The van der Waals surface area contributed by atoms with Gasteiger partial charge in [0.15, 0.2) is 0 Å². The van der Waals surface area contributed by atoms with E-state index in [9.17, 15) is 22.8 Å². The summed E-state index contributed by atoms with van der Waals surface area (Å²) in [6.07, 6.45) is -4.40. The van der Waals surface area contributed by atoms with Gasteiger partial charge in [0, 0.05) is 11.1 Å².